The predicted octanol–water partition coefficient (Wildman–Crippen LogP) is 2.58. The molecule has 0 unspecified atom stereocenters. The molecule has 0 amide bonds. The summed E-state index contributed by atoms with van der Waals surface area (Å²) in [5, 5.41) is 9.73. The first-order chi connectivity index (χ1) is 11.5. The van der Waals surface area contributed by atoms with Crippen LogP contribution in [0.5, 0.6) is 0 Å². The molecule has 0 bridgehead atoms. The standard InChI is InChI=1S/C18H24N2O4S/c1-18(2)12-14(20(5)25(23,24)19(3)4)11-15(17(21)22)16(18)13-9-7-6-8-10-13/h6-11H,12H2,1-5H3,(H,21,22). The van der Waals surface area contributed by atoms with Gasteiger partial charge in [0.1, 0.15) is 0 Å². The molecular formula is C18H24N2O4S. The molecule has 0 fully saturated rings. The molecule has 136 valence electrons. The molecule has 1 N–H and O–H groups in total. The molecule has 7 heteroatoms. The van der Waals surface area contributed by atoms with Crippen molar-refractivity contribution in [2.24, 2.45) is 5.41 Å². The molecule has 0 aromatic heterocycles. The zero-order chi connectivity index (χ0) is 19.0. The van der Waals surface area contributed by atoms with Crippen molar-refractivity contribution in [3.8, 4) is 0 Å². The van der Waals surface area contributed by atoms with Crippen molar-refractivity contribution in [3.63, 3.8) is 0 Å². The van der Waals surface area contributed by atoms with Gasteiger partial charge in [0.05, 0.1) is 5.57 Å². The fraction of sp³-hybridized carbons (Fsp3) is 0.389. The van der Waals surface area contributed by atoms with Crippen molar-refractivity contribution in [3.05, 3.63) is 53.2 Å². The van der Waals surface area contributed by atoms with E-state index in [4.69, 9.17) is 0 Å². The molecule has 0 radical (unpaired) electrons. The van der Waals surface area contributed by atoms with E-state index in [0.29, 0.717) is 17.7 Å². The van der Waals surface area contributed by atoms with E-state index in [2.05, 4.69) is 0 Å². The lowest BCUT2D eigenvalue weighted by Gasteiger charge is -2.37. The van der Waals surface area contributed by atoms with Gasteiger partial charge in [0.25, 0.3) is 0 Å². The number of aliphatic carboxylic acids is 1. The van der Waals surface area contributed by atoms with Gasteiger partial charge in [0.2, 0.25) is 0 Å². The summed E-state index contributed by atoms with van der Waals surface area (Å²) < 4.78 is 27.1. The summed E-state index contributed by atoms with van der Waals surface area (Å²) >= 11 is 0. The van der Waals surface area contributed by atoms with Gasteiger partial charge in [-0.2, -0.15) is 12.7 Å². The fourth-order valence-electron chi connectivity index (χ4n) is 3.11. The lowest BCUT2D eigenvalue weighted by Crippen LogP contribution is -2.39. The van der Waals surface area contributed by atoms with Crippen LogP contribution in [0.3, 0.4) is 0 Å². The molecular weight excluding hydrogens is 340 g/mol. The topological polar surface area (TPSA) is 77.9 Å². The molecule has 1 aliphatic carbocycles. The molecule has 1 aliphatic rings. The van der Waals surface area contributed by atoms with E-state index in [0.717, 1.165) is 14.2 Å². The maximum Gasteiger partial charge on any atom is 0.336 e. The number of carboxylic acid groups (broad SMARTS) is 1. The predicted molar refractivity (Wildman–Crippen MR) is 97.8 cm³/mol. The number of nitrogens with zero attached hydrogens (tertiary/aromatic N) is 2. The van der Waals surface area contributed by atoms with Crippen molar-refractivity contribution < 1.29 is 18.3 Å². The minimum atomic E-state index is -3.68. The van der Waals surface area contributed by atoms with Crippen molar-refractivity contribution in [2.75, 3.05) is 21.1 Å². The normalized spacial score (nSPS) is 17.4. The smallest absolute Gasteiger partial charge is 0.336 e. The number of hydrogen-bond donors (Lipinski definition) is 1. The van der Waals surface area contributed by atoms with Gasteiger partial charge < -0.3 is 5.11 Å². The van der Waals surface area contributed by atoms with E-state index >= 15 is 0 Å². The lowest BCUT2D eigenvalue weighted by molar-refractivity contribution is -0.132. The van der Waals surface area contributed by atoms with Crippen LogP contribution in [-0.4, -0.2) is 49.2 Å². The summed E-state index contributed by atoms with van der Waals surface area (Å²) in [4.78, 5) is 11.9. The van der Waals surface area contributed by atoms with E-state index in [1.165, 1.54) is 27.2 Å². The molecule has 0 saturated carbocycles. The van der Waals surface area contributed by atoms with E-state index in [1.807, 2.05) is 44.2 Å². The first kappa shape index (κ1) is 19.2. The Balaban J connectivity index is 2.67. The Morgan fingerprint density at radius 3 is 2.16 bits per heavy atom. The van der Waals surface area contributed by atoms with Gasteiger partial charge in [-0.3, -0.25) is 4.31 Å². The van der Waals surface area contributed by atoms with Crippen molar-refractivity contribution in [2.45, 2.75) is 20.3 Å². The molecule has 0 aliphatic heterocycles. The highest BCUT2D eigenvalue weighted by molar-refractivity contribution is 7.86. The summed E-state index contributed by atoms with van der Waals surface area (Å²) in [6.45, 7) is 3.86. The van der Waals surface area contributed by atoms with Crippen LogP contribution in [0.4, 0.5) is 0 Å². The minimum absolute atomic E-state index is 0.123. The van der Waals surface area contributed by atoms with E-state index < -0.39 is 21.6 Å². The average molecular weight is 364 g/mol. The Hall–Kier alpha value is -2.12. The van der Waals surface area contributed by atoms with Crippen molar-refractivity contribution in [1.29, 1.82) is 0 Å². The maximum atomic E-state index is 12.4. The maximum absolute atomic E-state index is 12.4. The molecule has 1 aromatic rings. The van der Waals surface area contributed by atoms with Gasteiger partial charge in [0.15, 0.2) is 0 Å². The van der Waals surface area contributed by atoms with Crippen LogP contribution < -0.4 is 0 Å². The molecule has 25 heavy (non-hydrogen) atoms. The number of carbonyl (C=O) groups is 1. The summed E-state index contributed by atoms with van der Waals surface area (Å²) in [5.41, 5.74) is 1.59. The Bertz CT molecular complexity index is 837. The van der Waals surface area contributed by atoms with Gasteiger partial charge in [-0.15, -0.1) is 0 Å². The summed E-state index contributed by atoms with van der Waals surface area (Å²) in [6.07, 6.45) is 1.88. The lowest BCUT2D eigenvalue weighted by atomic mass is 9.71. The summed E-state index contributed by atoms with van der Waals surface area (Å²) in [6, 6.07) is 9.34. The van der Waals surface area contributed by atoms with Crippen LogP contribution >= 0.6 is 0 Å². The van der Waals surface area contributed by atoms with Gasteiger partial charge in [-0.05, 0) is 29.0 Å². The van der Waals surface area contributed by atoms with E-state index in [1.54, 1.807) is 0 Å². The second-order valence-electron chi connectivity index (χ2n) is 6.91. The summed E-state index contributed by atoms with van der Waals surface area (Å²) in [7, 11) is 0.670. The van der Waals surface area contributed by atoms with Crippen molar-refractivity contribution >= 4 is 21.8 Å². The Kier molecular flexibility index (Phi) is 5.11. The minimum Gasteiger partial charge on any atom is -0.478 e. The molecule has 0 spiro atoms. The number of benzene rings is 1. The van der Waals surface area contributed by atoms with Gasteiger partial charge >= 0.3 is 16.2 Å². The molecule has 2 rings (SSSR count). The molecule has 1 aromatic carbocycles. The Labute approximate surface area is 149 Å². The van der Waals surface area contributed by atoms with Crippen LogP contribution in [0, 0.1) is 5.41 Å². The number of allylic oxidation sites excluding steroid dienone is 2. The molecule has 6 nitrogen and oxygen atoms in total. The third-order valence-electron chi connectivity index (χ3n) is 4.38. The van der Waals surface area contributed by atoms with Crippen LogP contribution in [0.15, 0.2) is 47.7 Å². The third kappa shape index (κ3) is 3.62. The zero-order valence-corrected chi connectivity index (χ0v) is 16.0. The van der Waals surface area contributed by atoms with E-state index in [-0.39, 0.29) is 5.57 Å². The van der Waals surface area contributed by atoms with Gasteiger partial charge in [0, 0.05) is 26.8 Å². The van der Waals surface area contributed by atoms with E-state index in [9.17, 15) is 18.3 Å². The first-order valence-electron chi connectivity index (χ1n) is 7.89. The quantitative estimate of drug-likeness (QED) is 0.871. The highest BCUT2D eigenvalue weighted by Gasteiger charge is 2.37. The van der Waals surface area contributed by atoms with Crippen LogP contribution in [0.2, 0.25) is 0 Å². The third-order valence-corrected chi connectivity index (χ3v) is 6.23. The SMILES string of the molecule is CN(C)S(=O)(=O)N(C)C1=CC(C(=O)O)=C(c2ccccc2)C(C)(C)C1. The second-order valence-corrected chi connectivity index (χ2v) is 9.09. The highest BCUT2D eigenvalue weighted by atomic mass is 32.2. The van der Waals surface area contributed by atoms with Crippen LogP contribution in [0.25, 0.3) is 5.57 Å². The second kappa shape index (κ2) is 6.65. The molecule has 0 heterocycles. The number of rotatable bonds is 5. The highest BCUT2D eigenvalue weighted by Crippen LogP contribution is 2.46. The monoisotopic (exact) mass is 364 g/mol. The Morgan fingerprint density at radius 2 is 1.68 bits per heavy atom. The number of hydrogen-bond acceptors (Lipinski definition) is 3. The Morgan fingerprint density at radius 1 is 1.12 bits per heavy atom. The molecule has 0 saturated heterocycles. The first-order valence-corrected chi connectivity index (χ1v) is 9.28. The molecule has 0 atom stereocenters. The van der Waals surface area contributed by atoms with Gasteiger partial charge in [-0.25, -0.2) is 4.79 Å². The van der Waals surface area contributed by atoms with Crippen LogP contribution in [-0.2, 0) is 15.0 Å². The van der Waals surface area contributed by atoms with Crippen LogP contribution in [0.1, 0.15) is 25.8 Å². The largest absolute Gasteiger partial charge is 0.478 e. The number of carboxylic acids is 1. The van der Waals surface area contributed by atoms with Gasteiger partial charge in [-0.1, -0.05) is 44.2 Å². The zero-order valence-electron chi connectivity index (χ0n) is 15.1. The average Bonchev–Trinajstić information content (AvgIpc) is 2.52. The summed E-state index contributed by atoms with van der Waals surface area (Å²) in [5.74, 6) is -1.07. The van der Waals surface area contributed by atoms with Crippen molar-refractivity contribution in [1.82, 2.24) is 8.61 Å². The fourth-order valence-corrected chi connectivity index (χ4v) is 4.01.